The van der Waals surface area contributed by atoms with E-state index >= 15 is 0 Å². The van der Waals surface area contributed by atoms with Gasteiger partial charge in [-0.15, -0.1) is 0 Å². The number of nitrogens with one attached hydrogen (secondary N) is 1. The summed E-state index contributed by atoms with van der Waals surface area (Å²) in [5.41, 5.74) is 2.33. The summed E-state index contributed by atoms with van der Waals surface area (Å²) in [4.78, 5) is 14.4. The predicted molar refractivity (Wildman–Crippen MR) is 102 cm³/mol. The molecular formula is C21H28N2O2. The maximum Gasteiger partial charge on any atom is 0.220 e. The Hall–Kier alpha value is -2.33. The van der Waals surface area contributed by atoms with E-state index < -0.39 is 0 Å². The van der Waals surface area contributed by atoms with Crippen molar-refractivity contribution in [1.82, 2.24) is 10.2 Å². The van der Waals surface area contributed by atoms with Gasteiger partial charge in [-0.1, -0.05) is 49.4 Å². The molecule has 0 aromatic heterocycles. The van der Waals surface area contributed by atoms with Crippen LogP contribution in [0.15, 0.2) is 54.6 Å². The summed E-state index contributed by atoms with van der Waals surface area (Å²) < 4.78 is 0. The zero-order valence-corrected chi connectivity index (χ0v) is 15.3. The summed E-state index contributed by atoms with van der Waals surface area (Å²) >= 11 is 0. The topological polar surface area (TPSA) is 52.6 Å². The molecule has 2 aromatic rings. The third-order valence-corrected chi connectivity index (χ3v) is 4.53. The van der Waals surface area contributed by atoms with Gasteiger partial charge in [0, 0.05) is 19.0 Å². The Kier molecular flexibility index (Phi) is 7.02. The molecule has 25 heavy (non-hydrogen) atoms. The highest BCUT2D eigenvalue weighted by molar-refractivity contribution is 5.76. The second-order valence-corrected chi connectivity index (χ2v) is 6.81. The fourth-order valence-electron chi connectivity index (χ4n) is 2.82. The molecule has 4 nitrogen and oxygen atoms in total. The quantitative estimate of drug-likeness (QED) is 0.776. The molecule has 4 heteroatoms. The first-order valence-electron chi connectivity index (χ1n) is 8.71. The molecular weight excluding hydrogens is 312 g/mol. The van der Waals surface area contributed by atoms with Crippen molar-refractivity contribution in [3.05, 3.63) is 65.7 Å². The van der Waals surface area contributed by atoms with E-state index in [-0.39, 0.29) is 23.6 Å². The highest BCUT2D eigenvalue weighted by Crippen LogP contribution is 2.18. The number of rotatable bonds is 8. The average molecular weight is 340 g/mol. The van der Waals surface area contributed by atoms with Gasteiger partial charge in [-0.05, 0) is 49.7 Å². The van der Waals surface area contributed by atoms with Gasteiger partial charge in [0.05, 0.1) is 0 Å². The number of amides is 1. The van der Waals surface area contributed by atoms with Gasteiger partial charge in [0.15, 0.2) is 0 Å². The Morgan fingerprint density at radius 3 is 2.32 bits per heavy atom. The summed E-state index contributed by atoms with van der Waals surface area (Å²) in [5, 5.41) is 12.5. The first-order chi connectivity index (χ1) is 12.0. The lowest BCUT2D eigenvalue weighted by Gasteiger charge is -2.25. The Labute approximate surface area is 150 Å². The highest BCUT2D eigenvalue weighted by Gasteiger charge is 2.16. The van der Waals surface area contributed by atoms with Gasteiger partial charge < -0.3 is 15.3 Å². The third-order valence-electron chi connectivity index (χ3n) is 4.53. The molecule has 0 saturated carbocycles. The van der Waals surface area contributed by atoms with Crippen molar-refractivity contribution < 1.29 is 9.90 Å². The van der Waals surface area contributed by atoms with Crippen LogP contribution < -0.4 is 5.32 Å². The Balaban J connectivity index is 1.85. The van der Waals surface area contributed by atoms with E-state index in [0.717, 1.165) is 12.0 Å². The smallest absolute Gasteiger partial charge is 0.220 e. The summed E-state index contributed by atoms with van der Waals surface area (Å²) in [7, 11) is 4.04. The van der Waals surface area contributed by atoms with Crippen molar-refractivity contribution in [3.8, 4) is 5.75 Å². The fourth-order valence-corrected chi connectivity index (χ4v) is 2.82. The number of nitrogens with zero attached hydrogens (tertiary/aromatic N) is 1. The Bertz CT molecular complexity index is 653. The van der Waals surface area contributed by atoms with E-state index in [0.29, 0.717) is 13.0 Å². The van der Waals surface area contributed by atoms with Gasteiger partial charge in [-0.3, -0.25) is 4.79 Å². The van der Waals surface area contributed by atoms with Crippen molar-refractivity contribution in [3.63, 3.8) is 0 Å². The number of hydrogen-bond acceptors (Lipinski definition) is 3. The molecule has 0 spiro atoms. The van der Waals surface area contributed by atoms with Crippen LogP contribution in [-0.2, 0) is 11.2 Å². The lowest BCUT2D eigenvalue weighted by molar-refractivity contribution is -0.121. The second kappa shape index (κ2) is 9.23. The number of carbonyl (C=O) groups is 1. The van der Waals surface area contributed by atoms with E-state index in [1.54, 1.807) is 12.1 Å². The van der Waals surface area contributed by atoms with Crippen LogP contribution in [0.4, 0.5) is 0 Å². The molecule has 0 heterocycles. The first-order valence-corrected chi connectivity index (χ1v) is 8.71. The van der Waals surface area contributed by atoms with Gasteiger partial charge in [0.1, 0.15) is 5.75 Å². The standard InChI is InChI=1S/C21H28N2O2/c1-16(18-7-5-4-6-8-18)13-21(25)22-15-19(23(2)3)14-17-9-11-20(24)12-10-17/h4-12,16,19,24H,13-15H2,1-3H3,(H,22,25)/t16-,19-/m0/s1. The van der Waals surface area contributed by atoms with E-state index in [1.807, 2.05) is 44.4 Å². The number of hydrogen-bond donors (Lipinski definition) is 2. The van der Waals surface area contributed by atoms with Crippen molar-refractivity contribution in [2.24, 2.45) is 0 Å². The van der Waals surface area contributed by atoms with Gasteiger partial charge in [0.25, 0.3) is 0 Å². The monoisotopic (exact) mass is 340 g/mol. The van der Waals surface area contributed by atoms with Gasteiger partial charge in [-0.25, -0.2) is 0 Å². The molecule has 2 rings (SSSR count). The number of phenols is 1. The van der Waals surface area contributed by atoms with E-state index in [1.165, 1.54) is 5.56 Å². The molecule has 1 amide bonds. The lowest BCUT2D eigenvalue weighted by atomic mass is 9.97. The molecule has 0 saturated heterocycles. The summed E-state index contributed by atoms with van der Waals surface area (Å²) in [6.45, 7) is 2.68. The molecule has 0 aliphatic heterocycles. The fraction of sp³-hybridized carbons (Fsp3) is 0.381. The van der Waals surface area contributed by atoms with Gasteiger partial charge in [-0.2, -0.15) is 0 Å². The molecule has 2 aromatic carbocycles. The van der Waals surface area contributed by atoms with E-state index in [9.17, 15) is 9.90 Å². The molecule has 0 fully saturated rings. The van der Waals surface area contributed by atoms with Crippen molar-refractivity contribution >= 4 is 5.91 Å². The minimum Gasteiger partial charge on any atom is -0.508 e. The van der Waals surface area contributed by atoms with Gasteiger partial charge >= 0.3 is 0 Å². The molecule has 2 N–H and O–H groups in total. The lowest BCUT2D eigenvalue weighted by Crippen LogP contribution is -2.41. The third kappa shape index (κ3) is 6.24. The Morgan fingerprint density at radius 2 is 1.72 bits per heavy atom. The highest BCUT2D eigenvalue weighted by atomic mass is 16.3. The van der Waals surface area contributed by atoms with Gasteiger partial charge in [0.2, 0.25) is 5.91 Å². The zero-order chi connectivity index (χ0) is 18.2. The second-order valence-electron chi connectivity index (χ2n) is 6.81. The molecule has 0 aliphatic carbocycles. The summed E-state index contributed by atoms with van der Waals surface area (Å²) in [6, 6.07) is 17.6. The van der Waals surface area contributed by atoms with Crippen LogP contribution in [0.25, 0.3) is 0 Å². The number of carbonyl (C=O) groups excluding carboxylic acids is 1. The first kappa shape index (κ1) is 19.0. The van der Waals surface area contributed by atoms with Crippen LogP contribution in [-0.4, -0.2) is 42.6 Å². The molecule has 0 unspecified atom stereocenters. The zero-order valence-electron chi connectivity index (χ0n) is 15.3. The van der Waals surface area contributed by atoms with Crippen molar-refractivity contribution in [1.29, 1.82) is 0 Å². The number of benzene rings is 2. The Morgan fingerprint density at radius 1 is 1.08 bits per heavy atom. The minimum absolute atomic E-state index is 0.0777. The number of aromatic hydroxyl groups is 1. The molecule has 134 valence electrons. The van der Waals surface area contributed by atoms with E-state index in [2.05, 4.69) is 29.3 Å². The SMILES string of the molecule is C[C@@H](CC(=O)NC[C@H](Cc1ccc(O)cc1)N(C)C)c1ccccc1. The van der Waals surface area contributed by atoms with E-state index in [4.69, 9.17) is 0 Å². The number of phenolic OH excluding ortho intramolecular Hbond substituents is 1. The largest absolute Gasteiger partial charge is 0.508 e. The molecule has 0 aliphatic rings. The molecule has 2 atom stereocenters. The minimum atomic E-state index is 0.0777. The number of likely N-dealkylation sites (N-methyl/N-ethyl adjacent to an activating group) is 1. The van der Waals surface area contributed by atoms with Crippen LogP contribution in [0.3, 0.4) is 0 Å². The summed E-state index contributed by atoms with van der Waals surface area (Å²) in [5.74, 6) is 0.554. The average Bonchev–Trinajstić information content (AvgIpc) is 2.60. The predicted octanol–water partition coefficient (Wildman–Crippen LogP) is 3.17. The van der Waals surface area contributed by atoms with Crippen molar-refractivity contribution in [2.45, 2.75) is 31.7 Å². The molecule has 0 radical (unpaired) electrons. The van der Waals surface area contributed by atoms with Crippen LogP contribution in [0.1, 0.15) is 30.4 Å². The van der Waals surface area contributed by atoms with Crippen LogP contribution in [0, 0.1) is 0 Å². The molecule has 0 bridgehead atoms. The van der Waals surface area contributed by atoms with Crippen molar-refractivity contribution in [2.75, 3.05) is 20.6 Å². The maximum atomic E-state index is 12.3. The van der Waals surface area contributed by atoms with Crippen LogP contribution in [0.5, 0.6) is 5.75 Å². The maximum absolute atomic E-state index is 12.3. The summed E-state index contributed by atoms with van der Waals surface area (Å²) in [6.07, 6.45) is 1.31. The van der Waals surface area contributed by atoms with Crippen LogP contribution in [0.2, 0.25) is 0 Å². The normalized spacial score (nSPS) is 13.4. The van der Waals surface area contributed by atoms with Crippen LogP contribution >= 0.6 is 0 Å².